The molecular formula is C16H22N5O10P. The van der Waals surface area contributed by atoms with Crippen molar-refractivity contribution in [3.05, 3.63) is 16.0 Å². The molecule has 1 aliphatic heterocycles. The summed E-state index contributed by atoms with van der Waals surface area (Å²) in [6.45, 7) is 3.73. The van der Waals surface area contributed by atoms with Crippen molar-refractivity contribution in [1.29, 1.82) is 0 Å². The number of esters is 1. The monoisotopic (exact) mass is 475 g/mol. The summed E-state index contributed by atoms with van der Waals surface area (Å²) in [5.74, 6) is -4.80. The van der Waals surface area contributed by atoms with E-state index in [1.54, 1.807) is 0 Å². The van der Waals surface area contributed by atoms with Gasteiger partial charge in [-0.25, -0.2) is 14.3 Å². The second kappa shape index (κ2) is 9.42. The zero-order valence-corrected chi connectivity index (χ0v) is 18.3. The second-order valence-corrected chi connectivity index (χ2v) is 8.47. The summed E-state index contributed by atoms with van der Waals surface area (Å²) in [7, 11) is -4.42. The Morgan fingerprint density at radius 2 is 1.88 bits per heavy atom. The first-order chi connectivity index (χ1) is 15.2. The van der Waals surface area contributed by atoms with E-state index in [4.69, 9.17) is 18.5 Å². The number of carboxylic acid groups (broad SMARTS) is 1. The Balaban J connectivity index is 2.31. The summed E-state index contributed by atoms with van der Waals surface area (Å²) in [4.78, 5) is 37.7. The Bertz CT molecular complexity index is 1120. The predicted octanol–water partition coefficient (Wildman–Crippen LogP) is -0.0963. The molecule has 3 heterocycles. The summed E-state index contributed by atoms with van der Waals surface area (Å²) in [6, 6.07) is 0. The van der Waals surface area contributed by atoms with Crippen LogP contribution in [0, 0.1) is 0 Å². The van der Waals surface area contributed by atoms with Crippen molar-refractivity contribution in [1.82, 2.24) is 24.8 Å². The van der Waals surface area contributed by atoms with E-state index < -0.39 is 61.0 Å². The van der Waals surface area contributed by atoms with Gasteiger partial charge in [-0.2, -0.15) is 9.78 Å². The highest BCUT2D eigenvalue weighted by atomic mass is 31.2. The maximum absolute atomic E-state index is 13.3. The van der Waals surface area contributed by atoms with Crippen LogP contribution in [0.4, 0.5) is 0 Å². The lowest BCUT2D eigenvalue weighted by atomic mass is 10.3. The fourth-order valence-corrected chi connectivity index (χ4v) is 4.82. The molecule has 2 aromatic heterocycles. The average Bonchev–Trinajstić information content (AvgIpc) is 3.41. The van der Waals surface area contributed by atoms with E-state index in [9.17, 15) is 29.2 Å². The molecule has 0 spiro atoms. The Hall–Kier alpha value is -2.71. The van der Waals surface area contributed by atoms with Gasteiger partial charge in [-0.3, -0.25) is 9.36 Å². The molecule has 1 saturated heterocycles. The van der Waals surface area contributed by atoms with E-state index in [1.165, 1.54) is 20.8 Å². The number of carbonyl (C=O) groups is 2. The topological polar surface area (TPSA) is 197 Å². The van der Waals surface area contributed by atoms with E-state index in [2.05, 4.69) is 15.4 Å². The van der Waals surface area contributed by atoms with Crippen molar-refractivity contribution < 1.29 is 42.9 Å². The van der Waals surface area contributed by atoms with Crippen LogP contribution in [0.15, 0.2) is 4.79 Å². The minimum atomic E-state index is -4.42. The Kier molecular flexibility index (Phi) is 7.05. The summed E-state index contributed by atoms with van der Waals surface area (Å²) in [5, 5.41) is 30.5. The molecule has 0 bridgehead atoms. The van der Waals surface area contributed by atoms with E-state index in [0.29, 0.717) is 4.68 Å². The summed E-state index contributed by atoms with van der Waals surface area (Å²) >= 11 is 0. The molecule has 2 N–H and O–H groups in total. The minimum absolute atomic E-state index is 0.0372. The number of fused-ring (bicyclic) bond motifs is 1. The SMILES string of the molecule is CCOC(=O)c1nn(C(C(=O)O)P(=O)(OCC)OCC)c2c(=O)n(C3OC3CO)nnc12. The smallest absolute Gasteiger partial charge is 0.366 e. The highest BCUT2D eigenvalue weighted by Crippen LogP contribution is 2.59. The number of aliphatic carboxylic acids is 1. The molecule has 16 heteroatoms. The first kappa shape index (κ1) is 23.9. The number of aliphatic hydroxyl groups excluding tert-OH is 1. The fraction of sp³-hybridized carbons (Fsp3) is 0.625. The van der Waals surface area contributed by atoms with Crippen LogP contribution in [0.25, 0.3) is 11.0 Å². The molecule has 1 fully saturated rings. The summed E-state index contributed by atoms with van der Waals surface area (Å²) < 4.78 is 35.0. The van der Waals surface area contributed by atoms with Gasteiger partial charge in [0.05, 0.1) is 26.4 Å². The van der Waals surface area contributed by atoms with Crippen molar-refractivity contribution in [2.24, 2.45) is 0 Å². The van der Waals surface area contributed by atoms with Gasteiger partial charge in [-0.1, -0.05) is 5.21 Å². The number of hydrogen-bond acceptors (Lipinski definition) is 12. The molecule has 3 atom stereocenters. The molecule has 3 unspecified atom stereocenters. The van der Waals surface area contributed by atoms with Gasteiger partial charge in [0.25, 0.3) is 5.56 Å². The molecule has 3 rings (SSSR count). The zero-order chi connectivity index (χ0) is 23.6. The van der Waals surface area contributed by atoms with E-state index in [0.717, 1.165) is 4.68 Å². The van der Waals surface area contributed by atoms with Gasteiger partial charge >= 0.3 is 19.5 Å². The quantitative estimate of drug-likeness (QED) is 0.248. The predicted molar refractivity (Wildman–Crippen MR) is 104 cm³/mol. The number of hydrogen-bond donors (Lipinski definition) is 2. The third-order valence-corrected chi connectivity index (χ3v) is 6.63. The van der Waals surface area contributed by atoms with Gasteiger partial charge in [0.2, 0.25) is 5.78 Å². The van der Waals surface area contributed by atoms with Crippen molar-refractivity contribution in [2.45, 2.75) is 38.9 Å². The van der Waals surface area contributed by atoms with Crippen molar-refractivity contribution in [3.8, 4) is 0 Å². The Morgan fingerprint density at radius 1 is 1.22 bits per heavy atom. The Labute approximate surface area is 180 Å². The van der Waals surface area contributed by atoms with Gasteiger partial charge < -0.3 is 28.7 Å². The lowest BCUT2D eigenvalue weighted by Gasteiger charge is -2.23. The number of rotatable bonds is 11. The lowest BCUT2D eigenvalue weighted by Crippen LogP contribution is -2.30. The van der Waals surface area contributed by atoms with E-state index in [-0.39, 0.29) is 25.3 Å². The minimum Gasteiger partial charge on any atom is -0.479 e. The number of carboxylic acids is 1. The molecule has 2 aromatic rings. The molecule has 15 nitrogen and oxygen atoms in total. The highest BCUT2D eigenvalue weighted by molar-refractivity contribution is 7.55. The fourth-order valence-electron chi connectivity index (χ4n) is 3.04. The molecule has 176 valence electrons. The van der Waals surface area contributed by atoms with Crippen LogP contribution in [0.5, 0.6) is 0 Å². The lowest BCUT2D eigenvalue weighted by molar-refractivity contribution is -0.139. The molecule has 0 aliphatic carbocycles. The summed E-state index contributed by atoms with van der Waals surface area (Å²) in [6.07, 6.45) is -1.67. The number of ether oxygens (including phenoxy) is 2. The van der Waals surface area contributed by atoms with Gasteiger partial charge in [0.15, 0.2) is 23.0 Å². The maximum atomic E-state index is 13.3. The first-order valence-electron chi connectivity index (χ1n) is 9.66. The number of nitrogens with zero attached hydrogens (tertiary/aromatic N) is 5. The normalized spacial score (nSPS) is 19.1. The van der Waals surface area contributed by atoms with E-state index in [1.807, 2.05) is 0 Å². The van der Waals surface area contributed by atoms with Crippen LogP contribution in [-0.2, 0) is 27.9 Å². The largest absolute Gasteiger partial charge is 0.479 e. The number of aromatic nitrogens is 5. The third-order valence-electron chi connectivity index (χ3n) is 4.35. The summed E-state index contributed by atoms with van der Waals surface area (Å²) in [5.41, 5.74) is -2.30. The number of carbonyl (C=O) groups excluding carboxylic acids is 1. The molecule has 0 saturated carbocycles. The first-order valence-corrected chi connectivity index (χ1v) is 11.3. The van der Waals surface area contributed by atoms with E-state index >= 15 is 0 Å². The molecule has 32 heavy (non-hydrogen) atoms. The van der Waals surface area contributed by atoms with Crippen LogP contribution in [0.1, 0.15) is 43.3 Å². The van der Waals surface area contributed by atoms with Gasteiger partial charge in [-0.15, -0.1) is 5.10 Å². The van der Waals surface area contributed by atoms with Crippen LogP contribution in [0.2, 0.25) is 0 Å². The average molecular weight is 475 g/mol. The molecule has 0 amide bonds. The van der Waals surface area contributed by atoms with Gasteiger partial charge in [-0.05, 0) is 20.8 Å². The highest BCUT2D eigenvalue weighted by Gasteiger charge is 2.47. The third kappa shape index (κ3) is 4.17. The van der Waals surface area contributed by atoms with Crippen LogP contribution in [-0.4, -0.2) is 79.5 Å². The number of epoxide rings is 1. The standard InChI is InChI=1S/C16H22N5O10P/c1-4-28-16(26)10-9-11(12(23)21(19-17-9)13-8(7-22)31-13)20(18-10)14(15(24)25)32(27,29-5-2)30-6-3/h8,13-14,22H,4-7H2,1-3H3,(H,24,25). The van der Waals surface area contributed by atoms with Crippen LogP contribution in [0.3, 0.4) is 0 Å². The molecule has 0 aromatic carbocycles. The molecule has 0 radical (unpaired) electrons. The van der Waals surface area contributed by atoms with Crippen molar-refractivity contribution in [3.63, 3.8) is 0 Å². The van der Waals surface area contributed by atoms with Gasteiger partial charge in [0, 0.05) is 0 Å². The Morgan fingerprint density at radius 3 is 2.38 bits per heavy atom. The van der Waals surface area contributed by atoms with Crippen LogP contribution < -0.4 is 5.56 Å². The number of aliphatic hydroxyl groups is 1. The molecule has 1 aliphatic rings. The van der Waals surface area contributed by atoms with Crippen LogP contribution >= 0.6 is 7.60 Å². The molecular weight excluding hydrogens is 453 g/mol. The van der Waals surface area contributed by atoms with Crippen molar-refractivity contribution in [2.75, 3.05) is 26.4 Å². The second-order valence-electron chi connectivity index (χ2n) is 6.38. The van der Waals surface area contributed by atoms with Gasteiger partial charge in [0.1, 0.15) is 6.10 Å². The van der Waals surface area contributed by atoms with Crippen molar-refractivity contribution >= 4 is 30.6 Å². The maximum Gasteiger partial charge on any atom is 0.366 e. The zero-order valence-electron chi connectivity index (χ0n) is 17.4.